The molecular weight excluding hydrogens is 282 g/mol. The first-order chi connectivity index (χ1) is 9.92. The van der Waals surface area contributed by atoms with Crippen LogP contribution in [-0.4, -0.2) is 40.0 Å². The number of methoxy groups -OCH3 is 1. The lowest BCUT2D eigenvalue weighted by Crippen LogP contribution is -2.20. The lowest BCUT2D eigenvalue weighted by atomic mass is 10.2. The van der Waals surface area contributed by atoms with Crippen molar-refractivity contribution < 1.29 is 29.0 Å². The van der Waals surface area contributed by atoms with Crippen molar-refractivity contribution in [3.05, 3.63) is 23.9 Å². The quantitative estimate of drug-likeness (QED) is 0.581. The topological polar surface area (TPSA) is 142 Å². The maximum atomic E-state index is 11.2. The number of primary amides is 1. The molecule has 2 heterocycles. The van der Waals surface area contributed by atoms with E-state index in [2.05, 4.69) is 14.7 Å². The average molecular weight is 291 g/mol. The highest BCUT2D eigenvalue weighted by Crippen LogP contribution is 2.26. The molecule has 3 N–H and O–H groups in total. The van der Waals surface area contributed by atoms with Crippen LogP contribution < -0.4 is 15.2 Å². The van der Waals surface area contributed by atoms with Gasteiger partial charge >= 0.3 is 11.9 Å². The van der Waals surface area contributed by atoms with Crippen LogP contribution in [0, 0.1) is 0 Å². The third kappa shape index (κ3) is 2.86. The standard InChI is InChI=1S/C12H9N3O6/c1-20-8-3-2-5-9(15-8)7(21-12(19)11(17)18)4-6(14-5)10(13)16/h2-4H,1H3,(H2,13,16)(H,17,18). The number of aliphatic carboxylic acids is 1. The largest absolute Gasteiger partial charge is 0.481 e. The molecule has 0 aliphatic rings. The van der Waals surface area contributed by atoms with Crippen molar-refractivity contribution in [2.24, 2.45) is 5.73 Å². The molecule has 0 radical (unpaired) electrons. The van der Waals surface area contributed by atoms with Gasteiger partial charge in [-0.05, 0) is 6.07 Å². The summed E-state index contributed by atoms with van der Waals surface area (Å²) in [6.45, 7) is 0. The predicted octanol–water partition coefficient (Wildman–Crippen LogP) is -0.273. The molecule has 0 spiro atoms. The Balaban J connectivity index is 2.64. The SMILES string of the molecule is COc1ccc2nc(C(N)=O)cc(OC(=O)C(=O)O)c2n1. The fraction of sp³-hybridized carbons (Fsp3) is 0.0833. The van der Waals surface area contributed by atoms with Gasteiger partial charge in [0.05, 0.1) is 12.6 Å². The molecule has 0 saturated carbocycles. The summed E-state index contributed by atoms with van der Waals surface area (Å²) in [5.74, 6) is -4.23. The van der Waals surface area contributed by atoms with Crippen LogP contribution in [0.2, 0.25) is 0 Å². The number of carboxylic acid groups (broad SMARTS) is 1. The molecule has 0 aliphatic carbocycles. The molecule has 1 amide bonds. The zero-order chi connectivity index (χ0) is 15.6. The van der Waals surface area contributed by atoms with Crippen molar-refractivity contribution in [3.8, 4) is 11.6 Å². The molecule has 0 aromatic carbocycles. The summed E-state index contributed by atoms with van der Waals surface area (Å²) >= 11 is 0. The van der Waals surface area contributed by atoms with Gasteiger partial charge in [0.2, 0.25) is 5.88 Å². The summed E-state index contributed by atoms with van der Waals surface area (Å²) in [7, 11) is 1.38. The monoisotopic (exact) mass is 291 g/mol. The number of pyridine rings is 2. The Hall–Kier alpha value is -3.23. The Morgan fingerprint density at radius 3 is 2.52 bits per heavy atom. The van der Waals surface area contributed by atoms with Crippen LogP contribution in [0.1, 0.15) is 10.5 Å². The number of carbonyl (C=O) groups is 3. The van der Waals surface area contributed by atoms with E-state index in [0.29, 0.717) is 0 Å². The Labute approximate surface area is 117 Å². The minimum atomic E-state index is -1.79. The third-order valence-corrected chi connectivity index (χ3v) is 2.43. The number of fused-ring (bicyclic) bond motifs is 1. The maximum Gasteiger partial charge on any atom is 0.422 e. The second-order valence-corrected chi connectivity index (χ2v) is 3.79. The van der Waals surface area contributed by atoms with Gasteiger partial charge < -0.3 is 20.3 Å². The predicted molar refractivity (Wildman–Crippen MR) is 67.9 cm³/mol. The number of hydrogen-bond acceptors (Lipinski definition) is 7. The number of nitrogens with zero attached hydrogens (tertiary/aromatic N) is 2. The highest BCUT2D eigenvalue weighted by molar-refractivity contribution is 6.29. The third-order valence-electron chi connectivity index (χ3n) is 2.43. The average Bonchev–Trinajstić information content (AvgIpc) is 2.46. The molecule has 0 fully saturated rings. The number of hydrogen-bond donors (Lipinski definition) is 2. The van der Waals surface area contributed by atoms with E-state index in [1.54, 1.807) is 0 Å². The van der Waals surface area contributed by atoms with Crippen LogP contribution >= 0.6 is 0 Å². The van der Waals surface area contributed by atoms with E-state index in [0.717, 1.165) is 6.07 Å². The second-order valence-electron chi connectivity index (χ2n) is 3.79. The number of nitrogens with two attached hydrogens (primary N) is 1. The van der Waals surface area contributed by atoms with Crippen LogP contribution in [0.5, 0.6) is 11.6 Å². The van der Waals surface area contributed by atoms with Crippen LogP contribution in [0.25, 0.3) is 11.0 Å². The fourth-order valence-corrected chi connectivity index (χ4v) is 1.52. The fourth-order valence-electron chi connectivity index (χ4n) is 1.52. The summed E-state index contributed by atoms with van der Waals surface area (Å²) in [6.07, 6.45) is 0. The van der Waals surface area contributed by atoms with Gasteiger partial charge in [0.1, 0.15) is 11.2 Å². The lowest BCUT2D eigenvalue weighted by Gasteiger charge is -2.08. The summed E-state index contributed by atoms with van der Waals surface area (Å²) < 4.78 is 9.60. The molecule has 2 rings (SSSR count). The number of aromatic nitrogens is 2. The Morgan fingerprint density at radius 2 is 1.95 bits per heavy atom. The van der Waals surface area contributed by atoms with E-state index in [1.807, 2.05) is 0 Å². The molecule has 108 valence electrons. The molecule has 21 heavy (non-hydrogen) atoms. The zero-order valence-corrected chi connectivity index (χ0v) is 10.7. The molecule has 0 unspecified atom stereocenters. The molecule has 2 aromatic heterocycles. The van der Waals surface area contributed by atoms with Gasteiger partial charge in [0.25, 0.3) is 5.91 Å². The lowest BCUT2D eigenvalue weighted by molar-refractivity contribution is -0.157. The molecule has 0 saturated heterocycles. The van der Waals surface area contributed by atoms with E-state index in [9.17, 15) is 14.4 Å². The number of esters is 1. The highest BCUT2D eigenvalue weighted by atomic mass is 16.6. The maximum absolute atomic E-state index is 11.2. The molecule has 2 aromatic rings. The van der Waals surface area contributed by atoms with E-state index >= 15 is 0 Å². The number of ether oxygens (including phenoxy) is 2. The summed E-state index contributed by atoms with van der Waals surface area (Å²) in [4.78, 5) is 40.9. The van der Waals surface area contributed by atoms with Gasteiger partial charge in [-0.3, -0.25) is 4.79 Å². The molecule has 9 heteroatoms. The van der Waals surface area contributed by atoms with Crippen molar-refractivity contribution in [2.45, 2.75) is 0 Å². The Bertz CT molecular complexity index is 758. The normalized spacial score (nSPS) is 10.1. The molecule has 0 atom stereocenters. The Kier molecular flexibility index (Phi) is 3.65. The molecular formula is C12H9N3O6. The first kappa shape index (κ1) is 14.2. The minimum Gasteiger partial charge on any atom is -0.481 e. The smallest absolute Gasteiger partial charge is 0.422 e. The van der Waals surface area contributed by atoms with Crippen molar-refractivity contribution >= 4 is 28.9 Å². The highest BCUT2D eigenvalue weighted by Gasteiger charge is 2.19. The van der Waals surface area contributed by atoms with E-state index in [4.69, 9.17) is 15.6 Å². The van der Waals surface area contributed by atoms with Crippen molar-refractivity contribution in [1.29, 1.82) is 0 Å². The first-order valence-electron chi connectivity index (χ1n) is 5.53. The molecule has 9 nitrogen and oxygen atoms in total. The zero-order valence-electron chi connectivity index (χ0n) is 10.7. The van der Waals surface area contributed by atoms with Gasteiger partial charge in [0.15, 0.2) is 5.75 Å². The van der Waals surface area contributed by atoms with Crippen LogP contribution in [0.15, 0.2) is 18.2 Å². The molecule has 0 bridgehead atoms. The summed E-state index contributed by atoms with van der Waals surface area (Å²) in [6, 6.07) is 3.98. The van der Waals surface area contributed by atoms with Crippen molar-refractivity contribution in [3.63, 3.8) is 0 Å². The van der Waals surface area contributed by atoms with E-state index < -0.39 is 17.8 Å². The van der Waals surface area contributed by atoms with Gasteiger partial charge in [-0.15, -0.1) is 0 Å². The van der Waals surface area contributed by atoms with Gasteiger partial charge in [-0.25, -0.2) is 19.6 Å². The summed E-state index contributed by atoms with van der Waals surface area (Å²) in [5.41, 5.74) is 5.18. The van der Waals surface area contributed by atoms with Crippen LogP contribution in [-0.2, 0) is 9.59 Å². The van der Waals surface area contributed by atoms with Gasteiger partial charge in [-0.1, -0.05) is 0 Å². The summed E-state index contributed by atoms with van der Waals surface area (Å²) in [5, 5.41) is 8.57. The van der Waals surface area contributed by atoms with E-state index in [1.165, 1.54) is 19.2 Å². The number of amides is 1. The van der Waals surface area contributed by atoms with Crippen molar-refractivity contribution in [1.82, 2.24) is 9.97 Å². The minimum absolute atomic E-state index is 0.0638. The second kappa shape index (κ2) is 5.41. The first-order valence-corrected chi connectivity index (χ1v) is 5.53. The number of carbonyl (C=O) groups excluding carboxylic acids is 2. The Morgan fingerprint density at radius 1 is 1.24 bits per heavy atom. The van der Waals surface area contributed by atoms with Gasteiger partial charge in [0, 0.05) is 12.1 Å². The number of carboxylic acids is 1. The van der Waals surface area contributed by atoms with Crippen molar-refractivity contribution in [2.75, 3.05) is 7.11 Å². The van der Waals surface area contributed by atoms with E-state index in [-0.39, 0.29) is 28.4 Å². The van der Waals surface area contributed by atoms with Gasteiger partial charge in [-0.2, -0.15) is 0 Å². The van der Waals surface area contributed by atoms with Crippen LogP contribution in [0.4, 0.5) is 0 Å². The number of rotatable bonds is 3. The molecule has 0 aliphatic heterocycles. The van der Waals surface area contributed by atoms with Crippen LogP contribution in [0.3, 0.4) is 0 Å².